The van der Waals surface area contributed by atoms with E-state index in [-0.39, 0.29) is 0 Å². The molecule has 1 rings (SSSR count). The molecule has 0 nitrogen and oxygen atoms in total. The lowest BCUT2D eigenvalue weighted by Crippen LogP contribution is -1.87. The molecule has 7 heavy (non-hydrogen) atoms. The minimum atomic E-state index is 0.550. The summed E-state index contributed by atoms with van der Waals surface area (Å²) in [5, 5.41) is 0. The Hall–Kier alpha value is 1.05. The van der Waals surface area contributed by atoms with Crippen molar-refractivity contribution >= 4 is 33.3 Å². The van der Waals surface area contributed by atoms with Gasteiger partial charge in [0.1, 0.15) is 3.41 Å². The zero-order chi connectivity index (χ0) is 5.33. The second-order valence-corrected chi connectivity index (χ2v) is 6.89. The maximum Gasteiger partial charge on any atom is 0.124 e. The van der Waals surface area contributed by atoms with Crippen LogP contribution in [0.25, 0.3) is 0 Å². The average molecular weight is 152 g/mol. The molecule has 1 aliphatic heterocycles. The summed E-state index contributed by atoms with van der Waals surface area (Å²) in [7, 11) is 3.95. The van der Waals surface area contributed by atoms with Crippen LogP contribution in [0.2, 0.25) is 0 Å². The minimum Gasteiger partial charge on any atom is -0.132 e. The van der Waals surface area contributed by atoms with Crippen molar-refractivity contribution in [1.29, 1.82) is 0 Å². The van der Waals surface area contributed by atoms with Gasteiger partial charge in [0.2, 0.25) is 0 Å². The van der Waals surface area contributed by atoms with E-state index in [0.717, 1.165) is 0 Å². The van der Waals surface area contributed by atoms with Gasteiger partial charge in [-0.25, -0.2) is 0 Å². The van der Waals surface area contributed by atoms with Crippen LogP contribution in [-0.4, -0.2) is 9.16 Å². The first-order valence-corrected chi connectivity index (χ1v) is 5.41. The van der Waals surface area contributed by atoms with Crippen molar-refractivity contribution in [3.05, 3.63) is 0 Å². The van der Waals surface area contributed by atoms with Gasteiger partial charge >= 0.3 is 0 Å². The summed E-state index contributed by atoms with van der Waals surface area (Å²) in [6.07, 6.45) is 0. The maximum atomic E-state index is 2.27. The van der Waals surface area contributed by atoms with Gasteiger partial charge in [-0.15, -0.1) is 11.8 Å². The summed E-state index contributed by atoms with van der Waals surface area (Å²) in [4.78, 5) is 0. The van der Waals surface area contributed by atoms with Crippen LogP contribution in [0.15, 0.2) is 0 Å². The molecule has 0 aromatic heterocycles. The Morgan fingerprint density at radius 2 is 2.14 bits per heavy atom. The van der Waals surface area contributed by atoms with Crippen molar-refractivity contribution in [1.82, 2.24) is 0 Å². The fraction of sp³-hybridized carbons (Fsp3) is 1.00. The van der Waals surface area contributed by atoms with Crippen LogP contribution in [0.3, 0.4) is 0 Å². The Kier molecular flexibility index (Phi) is 1.86. The highest BCUT2D eigenvalue weighted by Gasteiger charge is 2.40. The number of rotatable bonds is 2. The summed E-state index contributed by atoms with van der Waals surface area (Å²) in [6.45, 7) is 4.48. The molecular weight excluding hydrogens is 144 g/mol. The van der Waals surface area contributed by atoms with Crippen molar-refractivity contribution in [2.45, 2.75) is 17.3 Å². The van der Waals surface area contributed by atoms with Gasteiger partial charge in [0.25, 0.3) is 0 Å². The van der Waals surface area contributed by atoms with E-state index in [0.29, 0.717) is 3.41 Å². The quantitative estimate of drug-likeness (QED) is 0.441. The topological polar surface area (TPSA) is 0 Å². The Morgan fingerprint density at radius 1 is 1.57 bits per heavy atom. The lowest BCUT2D eigenvalue weighted by molar-refractivity contribution is 1.35. The standard InChI is InChI=1S/C4H8S3/c1-3-5-4(2)6-7-4/h3H2,1-2H3. The van der Waals surface area contributed by atoms with Gasteiger partial charge in [0, 0.05) is 0 Å². The van der Waals surface area contributed by atoms with Crippen LogP contribution in [0, 0.1) is 0 Å². The first-order valence-electron chi connectivity index (χ1n) is 2.27. The molecule has 0 aliphatic carbocycles. The Bertz CT molecular complexity index is 67.3. The first-order chi connectivity index (χ1) is 3.27. The molecule has 0 radical (unpaired) electrons. The zero-order valence-electron chi connectivity index (χ0n) is 4.43. The molecule has 1 saturated heterocycles. The molecule has 0 atom stereocenters. The summed E-state index contributed by atoms with van der Waals surface area (Å²) in [6, 6.07) is 0. The molecular formula is C4H8S3. The van der Waals surface area contributed by atoms with Crippen LogP contribution < -0.4 is 0 Å². The molecule has 0 aromatic carbocycles. The molecule has 1 heterocycles. The molecule has 42 valence electrons. The fourth-order valence-corrected chi connectivity index (χ4v) is 3.63. The molecule has 0 aromatic rings. The van der Waals surface area contributed by atoms with E-state index in [4.69, 9.17) is 0 Å². The Balaban J connectivity index is 2.13. The predicted octanol–water partition coefficient (Wildman–Crippen LogP) is 2.81. The van der Waals surface area contributed by atoms with Crippen molar-refractivity contribution < 1.29 is 0 Å². The second-order valence-electron chi connectivity index (χ2n) is 1.46. The number of hydrogen-bond donors (Lipinski definition) is 0. The van der Waals surface area contributed by atoms with Gasteiger partial charge in [0.15, 0.2) is 0 Å². The van der Waals surface area contributed by atoms with Gasteiger partial charge in [-0.05, 0) is 12.7 Å². The van der Waals surface area contributed by atoms with Crippen molar-refractivity contribution in [3.63, 3.8) is 0 Å². The predicted molar refractivity (Wildman–Crippen MR) is 41.7 cm³/mol. The van der Waals surface area contributed by atoms with Crippen LogP contribution in [0.5, 0.6) is 0 Å². The third-order valence-electron chi connectivity index (χ3n) is 0.725. The van der Waals surface area contributed by atoms with Crippen molar-refractivity contribution in [3.8, 4) is 0 Å². The summed E-state index contributed by atoms with van der Waals surface area (Å²) >= 11 is 2.03. The third-order valence-corrected chi connectivity index (χ3v) is 6.01. The summed E-state index contributed by atoms with van der Waals surface area (Å²) < 4.78 is 0.550. The van der Waals surface area contributed by atoms with Gasteiger partial charge < -0.3 is 0 Å². The van der Waals surface area contributed by atoms with Crippen molar-refractivity contribution in [2.24, 2.45) is 0 Å². The van der Waals surface area contributed by atoms with Crippen LogP contribution in [0.1, 0.15) is 13.8 Å². The molecule has 1 aliphatic rings. The normalized spacial score (nSPS) is 24.9. The number of thioether (sulfide) groups is 1. The van der Waals surface area contributed by atoms with E-state index < -0.39 is 0 Å². The molecule has 0 saturated carbocycles. The SMILES string of the molecule is CCSC1(C)SS1. The van der Waals surface area contributed by atoms with Gasteiger partial charge in [-0.3, -0.25) is 0 Å². The van der Waals surface area contributed by atoms with Crippen molar-refractivity contribution in [2.75, 3.05) is 5.75 Å². The zero-order valence-corrected chi connectivity index (χ0v) is 6.88. The first kappa shape index (κ1) is 6.17. The smallest absolute Gasteiger partial charge is 0.124 e. The second kappa shape index (κ2) is 2.11. The maximum absolute atomic E-state index is 2.27. The lowest BCUT2D eigenvalue weighted by Gasteiger charge is -1.96. The highest BCUT2D eigenvalue weighted by molar-refractivity contribution is 8.97. The fourth-order valence-electron chi connectivity index (χ4n) is 0.369. The molecule has 1 fully saturated rings. The molecule has 3 heteroatoms. The van der Waals surface area contributed by atoms with Gasteiger partial charge in [-0.1, -0.05) is 28.5 Å². The average Bonchev–Trinajstić information content (AvgIpc) is 2.22. The monoisotopic (exact) mass is 152 g/mol. The molecule has 0 spiro atoms. The van der Waals surface area contributed by atoms with Gasteiger partial charge in [-0.2, -0.15) is 0 Å². The summed E-state index contributed by atoms with van der Waals surface area (Å²) in [5.41, 5.74) is 0. The van der Waals surface area contributed by atoms with Gasteiger partial charge in [0.05, 0.1) is 0 Å². The highest BCUT2D eigenvalue weighted by Crippen LogP contribution is 2.70. The third kappa shape index (κ3) is 1.78. The molecule has 0 amide bonds. The van der Waals surface area contributed by atoms with Crippen LogP contribution >= 0.6 is 33.3 Å². The Labute approximate surface area is 56.6 Å². The summed E-state index contributed by atoms with van der Waals surface area (Å²) in [5.74, 6) is 1.25. The van der Waals surface area contributed by atoms with E-state index >= 15 is 0 Å². The van der Waals surface area contributed by atoms with Crippen LogP contribution in [-0.2, 0) is 0 Å². The van der Waals surface area contributed by atoms with E-state index in [1.807, 2.05) is 33.3 Å². The Morgan fingerprint density at radius 3 is 2.29 bits per heavy atom. The molecule has 0 unspecified atom stereocenters. The highest BCUT2D eigenvalue weighted by atomic mass is 33.2. The van der Waals surface area contributed by atoms with E-state index in [1.165, 1.54) is 5.75 Å². The molecule has 0 N–H and O–H groups in total. The molecule has 0 bridgehead atoms. The van der Waals surface area contributed by atoms with E-state index in [1.54, 1.807) is 0 Å². The largest absolute Gasteiger partial charge is 0.132 e. The lowest BCUT2D eigenvalue weighted by atomic mass is 10.9. The minimum absolute atomic E-state index is 0.550. The van der Waals surface area contributed by atoms with Crippen LogP contribution in [0.4, 0.5) is 0 Å². The van der Waals surface area contributed by atoms with E-state index in [9.17, 15) is 0 Å². The number of hydrogen-bond acceptors (Lipinski definition) is 3. The van der Waals surface area contributed by atoms with E-state index in [2.05, 4.69) is 13.8 Å².